The fourth-order valence-corrected chi connectivity index (χ4v) is 10.4. The van der Waals surface area contributed by atoms with Gasteiger partial charge in [0.25, 0.3) is 11.8 Å². The van der Waals surface area contributed by atoms with Crippen LogP contribution in [0.2, 0.25) is 18.1 Å². The van der Waals surface area contributed by atoms with Crippen LogP contribution in [0.4, 0.5) is 21.0 Å². The topological polar surface area (TPSA) is 137 Å². The van der Waals surface area contributed by atoms with Crippen molar-refractivity contribution in [1.29, 1.82) is 0 Å². The second-order valence-corrected chi connectivity index (χ2v) is 24.9. The Morgan fingerprint density at radius 1 is 0.754 bits per heavy atom. The summed E-state index contributed by atoms with van der Waals surface area (Å²) in [5.41, 5.74) is 6.35. The molecule has 0 N–H and O–H groups in total. The largest absolute Gasteiger partial charge is 0.493 e. The van der Waals surface area contributed by atoms with E-state index in [9.17, 15) is 19.2 Å². The standard InChI is InChI=1S/C54H70N4O10Si/c1-13-22-66-53(62)58-44-29-46(36(5)27-40(44)49(59)56-32-35(4)26-45(56)51(58)68-69(11,12)54(7,8)9)64-23-16-15-17-24-65-48-30-43-41(28-47(48)63-10)50(60)55-31-34(3)25-42(55)37(6)57(43)52(61)67-33-39-20-18-38(14-2)19-21-39/h13,18-21,27-32,37,42,45,51H,1,14-17,22-26,33H2,2-12H3/t37-,42-,45+,51+/m1/s1. The first-order valence-corrected chi connectivity index (χ1v) is 27.1. The van der Waals surface area contributed by atoms with Crippen LogP contribution in [0.1, 0.15) is 118 Å². The number of fused-ring (bicyclic) bond motifs is 4. The van der Waals surface area contributed by atoms with Gasteiger partial charge >= 0.3 is 12.2 Å². The summed E-state index contributed by atoms with van der Waals surface area (Å²) in [7, 11) is -0.981. The van der Waals surface area contributed by atoms with Crippen LogP contribution in [0.15, 0.2) is 84.7 Å². The summed E-state index contributed by atoms with van der Waals surface area (Å²) in [5, 5.41) is -0.180. The second-order valence-electron chi connectivity index (χ2n) is 20.2. The highest BCUT2D eigenvalue weighted by molar-refractivity contribution is 6.74. The van der Waals surface area contributed by atoms with Gasteiger partial charge in [0, 0.05) is 24.5 Å². The summed E-state index contributed by atoms with van der Waals surface area (Å²) in [6, 6.07) is 13.8. The van der Waals surface area contributed by atoms with Crippen LogP contribution in [0.25, 0.3) is 0 Å². The van der Waals surface area contributed by atoms with Gasteiger partial charge in [0.2, 0.25) is 0 Å². The fraction of sp³-hybridized carbons (Fsp3) is 0.481. The number of nitrogens with zero attached hydrogens (tertiary/aromatic N) is 4. The van der Waals surface area contributed by atoms with Crippen LogP contribution < -0.4 is 24.0 Å². The highest BCUT2D eigenvalue weighted by Crippen LogP contribution is 2.46. The van der Waals surface area contributed by atoms with Crippen LogP contribution in [0.3, 0.4) is 0 Å². The molecule has 14 nitrogen and oxygen atoms in total. The van der Waals surface area contributed by atoms with Gasteiger partial charge in [0.05, 0.1) is 61.0 Å². The Kier molecular flexibility index (Phi) is 15.4. The molecule has 4 atom stereocenters. The maximum absolute atomic E-state index is 14.4. The monoisotopic (exact) mass is 962 g/mol. The summed E-state index contributed by atoms with van der Waals surface area (Å²) < 4.78 is 37.2. The van der Waals surface area contributed by atoms with Gasteiger partial charge in [-0.3, -0.25) is 14.5 Å². The smallest absolute Gasteiger partial charge is 0.416 e. The van der Waals surface area contributed by atoms with Gasteiger partial charge in [-0.25, -0.2) is 14.5 Å². The molecule has 0 aromatic heterocycles. The third-order valence-electron chi connectivity index (χ3n) is 14.1. The number of unbranched alkanes of at least 4 members (excludes halogenated alkanes) is 2. The average molecular weight is 963 g/mol. The SMILES string of the molecule is C=CCOC(=O)N1c2cc(OCCCCCOc3cc4c(cc3OC)C(=O)N3C=C(C)C[C@@H]3[C@@H](C)N4C(=O)OCc3ccc(CC)cc3)c(C)cc2C(=O)N2C=C(C)C[C@H]2[C@@H]1O[Si](C)(C)C(C)(C)C. The quantitative estimate of drug-likeness (QED) is 0.0775. The number of ether oxygens (including phenoxy) is 5. The van der Waals surface area contributed by atoms with Gasteiger partial charge < -0.3 is 37.9 Å². The number of amides is 4. The van der Waals surface area contributed by atoms with E-state index in [1.54, 1.807) is 39.0 Å². The zero-order valence-corrected chi connectivity index (χ0v) is 43.3. The third-order valence-corrected chi connectivity index (χ3v) is 18.5. The van der Waals surface area contributed by atoms with Gasteiger partial charge in [-0.15, -0.1) is 0 Å². The molecule has 0 saturated heterocycles. The molecule has 3 aromatic carbocycles. The number of hydrogen-bond donors (Lipinski definition) is 0. The fourth-order valence-electron chi connectivity index (χ4n) is 9.17. The van der Waals surface area contributed by atoms with E-state index >= 15 is 0 Å². The normalized spacial score (nSPS) is 19.9. The van der Waals surface area contributed by atoms with E-state index in [4.69, 9.17) is 28.1 Å². The molecular formula is C54H70N4O10Si. The number of hydrogen-bond acceptors (Lipinski definition) is 10. The van der Waals surface area contributed by atoms with Crippen molar-refractivity contribution < 1.29 is 47.3 Å². The molecule has 69 heavy (non-hydrogen) atoms. The lowest BCUT2D eigenvalue weighted by Gasteiger charge is -2.44. The van der Waals surface area contributed by atoms with Gasteiger partial charge in [-0.2, -0.15) is 0 Å². The number of carbonyl (C=O) groups excluding carboxylic acids is 4. The summed E-state index contributed by atoms with van der Waals surface area (Å²) in [4.78, 5) is 63.3. The molecule has 0 radical (unpaired) electrons. The number of rotatable bonds is 16. The predicted molar refractivity (Wildman–Crippen MR) is 270 cm³/mol. The maximum Gasteiger partial charge on any atom is 0.416 e. The Bertz CT molecular complexity index is 2510. The highest BCUT2D eigenvalue weighted by Gasteiger charge is 2.51. The first-order chi connectivity index (χ1) is 32.8. The third kappa shape index (κ3) is 10.6. The minimum Gasteiger partial charge on any atom is -0.493 e. The molecule has 4 aliphatic rings. The van der Waals surface area contributed by atoms with Crippen molar-refractivity contribution in [3.05, 3.63) is 113 Å². The Hall–Kier alpha value is -6.06. The van der Waals surface area contributed by atoms with E-state index in [1.165, 1.54) is 23.6 Å². The molecule has 7 rings (SSSR count). The van der Waals surface area contributed by atoms with Gasteiger partial charge in [0.1, 0.15) is 19.0 Å². The van der Waals surface area contributed by atoms with E-state index in [-0.39, 0.29) is 36.1 Å². The number of anilines is 2. The van der Waals surface area contributed by atoms with Crippen LogP contribution >= 0.6 is 0 Å². The lowest BCUT2D eigenvalue weighted by molar-refractivity contribution is 0.0589. The molecular weight excluding hydrogens is 893 g/mol. The van der Waals surface area contributed by atoms with Crippen molar-refractivity contribution in [3.8, 4) is 17.2 Å². The second kappa shape index (κ2) is 20.9. The Morgan fingerprint density at radius 3 is 1.91 bits per heavy atom. The van der Waals surface area contributed by atoms with Gasteiger partial charge in [-0.05, 0) is 113 Å². The average Bonchev–Trinajstić information content (AvgIpc) is 3.87. The van der Waals surface area contributed by atoms with Crippen molar-refractivity contribution >= 4 is 43.7 Å². The summed E-state index contributed by atoms with van der Waals surface area (Å²) >= 11 is 0. The zero-order chi connectivity index (χ0) is 49.9. The molecule has 0 fully saturated rings. The number of aryl methyl sites for hydroxylation is 2. The number of benzene rings is 3. The molecule has 0 bridgehead atoms. The predicted octanol–water partition coefficient (Wildman–Crippen LogP) is 11.5. The molecule has 0 saturated carbocycles. The van der Waals surface area contributed by atoms with Gasteiger partial charge in [0.15, 0.2) is 26.0 Å². The molecule has 0 spiro atoms. The molecule has 3 aromatic rings. The van der Waals surface area contributed by atoms with Crippen molar-refractivity contribution in [2.45, 2.75) is 143 Å². The van der Waals surface area contributed by atoms with Crippen molar-refractivity contribution in [2.24, 2.45) is 0 Å². The Labute approximate surface area is 408 Å². The van der Waals surface area contributed by atoms with E-state index in [0.717, 1.165) is 35.1 Å². The first-order valence-electron chi connectivity index (χ1n) is 24.2. The summed E-state index contributed by atoms with van der Waals surface area (Å²) in [6.07, 6.45) is 7.43. The van der Waals surface area contributed by atoms with E-state index < -0.39 is 38.8 Å². The van der Waals surface area contributed by atoms with E-state index in [1.807, 2.05) is 64.4 Å². The van der Waals surface area contributed by atoms with Crippen LogP contribution in [0.5, 0.6) is 17.2 Å². The summed E-state index contributed by atoms with van der Waals surface area (Å²) in [6.45, 7) is 25.1. The van der Waals surface area contributed by atoms with E-state index in [2.05, 4.69) is 47.4 Å². The zero-order valence-electron chi connectivity index (χ0n) is 42.3. The highest BCUT2D eigenvalue weighted by atomic mass is 28.4. The number of methoxy groups -OCH3 is 1. The minimum absolute atomic E-state index is 0.00696. The Morgan fingerprint density at radius 2 is 1.30 bits per heavy atom. The molecule has 4 amide bonds. The molecule has 0 aliphatic carbocycles. The Balaban J connectivity index is 1.05. The van der Waals surface area contributed by atoms with Crippen LogP contribution in [0, 0.1) is 6.92 Å². The lowest BCUT2D eigenvalue weighted by atomic mass is 10.0. The minimum atomic E-state index is -2.51. The van der Waals surface area contributed by atoms with Crippen molar-refractivity contribution in [3.63, 3.8) is 0 Å². The lowest BCUT2D eigenvalue weighted by Crippen LogP contribution is -2.57. The molecule has 4 heterocycles. The number of carbonyl (C=O) groups is 4. The molecule has 15 heteroatoms. The van der Waals surface area contributed by atoms with Crippen molar-refractivity contribution in [2.75, 3.05) is 36.7 Å². The van der Waals surface area contributed by atoms with Crippen LogP contribution in [-0.2, 0) is 26.9 Å². The summed E-state index contributed by atoms with van der Waals surface area (Å²) in [5.74, 6) is 0.885. The first kappa shape index (κ1) is 50.8. The van der Waals surface area contributed by atoms with Crippen molar-refractivity contribution in [1.82, 2.24) is 9.80 Å². The van der Waals surface area contributed by atoms with E-state index in [0.29, 0.717) is 78.6 Å². The molecule has 370 valence electrons. The molecule has 0 unspecified atom stereocenters. The van der Waals surface area contributed by atoms with Gasteiger partial charge in [-0.1, -0.05) is 75.8 Å². The maximum atomic E-state index is 14.4. The van der Waals surface area contributed by atoms with Crippen LogP contribution in [-0.4, -0.2) is 93.4 Å². The molecule has 4 aliphatic heterocycles.